The highest BCUT2D eigenvalue weighted by molar-refractivity contribution is 5.85. The lowest BCUT2D eigenvalue weighted by Gasteiger charge is -2.17. The van der Waals surface area contributed by atoms with E-state index in [1.165, 1.54) is 0 Å². The highest BCUT2D eigenvalue weighted by Crippen LogP contribution is 1.99. The quantitative estimate of drug-likeness (QED) is 0.506. The molecule has 0 amide bonds. The third-order valence-corrected chi connectivity index (χ3v) is 2.47. The molecule has 1 rings (SSSR count). The van der Waals surface area contributed by atoms with Gasteiger partial charge in [0.05, 0.1) is 19.8 Å². The summed E-state index contributed by atoms with van der Waals surface area (Å²) in [7, 11) is 0. The molecule has 0 atom stereocenters. The molecule has 6 heteroatoms. The summed E-state index contributed by atoms with van der Waals surface area (Å²) in [5.74, 6) is -0.922. The molecule has 0 spiro atoms. The minimum absolute atomic E-state index is 0.0694. The van der Waals surface area contributed by atoms with Crippen LogP contribution in [0.2, 0.25) is 0 Å². The maximum Gasteiger partial charge on any atom is 0.328 e. The SMILES string of the molecule is O=C(O)/C=C/c1ccccc1.OCCN(CCO)CCO. The minimum atomic E-state index is -0.922. The van der Waals surface area contributed by atoms with Crippen molar-refractivity contribution in [3.05, 3.63) is 42.0 Å². The van der Waals surface area contributed by atoms with E-state index in [1.54, 1.807) is 11.0 Å². The number of hydrogen-bond donors (Lipinski definition) is 4. The van der Waals surface area contributed by atoms with E-state index in [0.29, 0.717) is 19.6 Å². The first kappa shape index (κ1) is 19.3. The van der Waals surface area contributed by atoms with E-state index in [0.717, 1.165) is 11.6 Å². The number of aliphatic hydroxyl groups is 3. The Morgan fingerprint density at radius 3 is 1.81 bits per heavy atom. The molecule has 0 bridgehead atoms. The molecule has 0 fully saturated rings. The largest absolute Gasteiger partial charge is 0.478 e. The summed E-state index contributed by atoms with van der Waals surface area (Å²) in [4.78, 5) is 11.9. The summed E-state index contributed by atoms with van der Waals surface area (Å²) < 4.78 is 0. The first-order valence-corrected chi connectivity index (χ1v) is 6.65. The highest BCUT2D eigenvalue weighted by Gasteiger charge is 2.00. The van der Waals surface area contributed by atoms with E-state index in [9.17, 15) is 4.79 Å². The number of benzene rings is 1. The Hall–Kier alpha value is -1.73. The maximum absolute atomic E-state index is 10.1. The van der Waals surface area contributed by atoms with Gasteiger partial charge in [0.2, 0.25) is 0 Å². The van der Waals surface area contributed by atoms with Gasteiger partial charge in [0, 0.05) is 25.7 Å². The molecule has 1 aromatic rings. The molecule has 0 radical (unpaired) electrons. The fourth-order valence-electron chi connectivity index (χ4n) is 1.49. The second kappa shape index (κ2) is 13.3. The highest BCUT2D eigenvalue weighted by atomic mass is 16.4. The van der Waals surface area contributed by atoms with Gasteiger partial charge in [0.25, 0.3) is 0 Å². The van der Waals surface area contributed by atoms with Gasteiger partial charge in [-0.05, 0) is 11.6 Å². The number of carbonyl (C=O) groups is 1. The molecule has 0 unspecified atom stereocenters. The van der Waals surface area contributed by atoms with Crippen molar-refractivity contribution in [2.75, 3.05) is 39.5 Å². The van der Waals surface area contributed by atoms with Gasteiger partial charge in [0.1, 0.15) is 0 Å². The molecule has 4 N–H and O–H groups in total. The predicted molar refractivity (Wildman–Crippen MR) is 80.8 cm³/mol. The van der Waals surface area contributed by atoms with Crippen LogP contribution in [0.1, 0.15) is 5.56 Å². The average molecular weight is 297 g/mol. The Morgan fingerprint density at radius 1 is 0.952 bits per heavy atom. The summed E-state index contributed by atoms with van der Waals surface area (Å²) in [6.45, 7) is 1.75. The summed E-state index contributed by atoms with van der Waals surface area (Å²) in [5, 5.41) is 33.7. The number of aliphatic carboxylic acids is 1. The summed E-state index contributed by atoms with van der Waals surface area (Å²) in [5.41, 5.74) is 0.898. The van der Waals surface area contributed by atoms with Crippen molar-refractivity contribution in [1.29, 1.82) is 0 Å². The van der Waals surface area contributed by atoms with Gasteiger partial charge < -0.3 is 20.4 Å². The fourth-order valence-corrected chi connectivity index (χ4v) is 1.49. The van der Waals surface area contributed by atoms with E-state index in [1.807, 2.05) is 30.3 Å². The molecule has 0 saturated carbocycles. The van der Waals surface area contributed by atoms with Crippen molar-refractivity contribution in [2.24, 2.45) is 0 Å². The van der Waals surface area contributed by atoms with Crippen LogP contribution in [0.3, 0.4) is 0 Å². The van der Waals surface area contributed by atoms with Crippen LogP contribution in [0.25, 0.3) is 6.08 Å². The fraction of sp³-hybridized carbons (Fsp3) is 0.400. The molecule has 118 valence electrons. The second-order valence-corrected chi connectivity index (χ2v) is 4.09. The first-order chi connectivity index (χ1) is 10.1. The molecular formula is C15H23NO5. The van der Waals surface area contributed by atoms with Crippen molar-refractivity contribution >= 4 is 12.0 Å². The molecule has 0 aromatic heterocycles. The molecule has 21 heavy (non-hydrogen) atoms. The number of aliphatic hydroxyl groups excluding tert-OH is 3. The molecule has 0 aliphatic heterocycles. The molecule has 0 aliphatic carbocycles. The van der Waals surface area contributed by atoms with E-state index in [4.69, 9.17) is 20.4 Å². The number of nitrogens with zero attached hydrogens (tertiary/aromatic N) is 1. The zero-order chi connectivity index (χ0) is 15.9. The molecule has 0 saturated heterocycles. The lowest BCUT2D eigenvalue weighted by molar-refractivity contribution is -0.131. The lowest BCUT2D eigenvalue weighted by atomic mass is 10.2. The van der Waals surface area contributed by atoms with Crippen LogP contribution >= 0.6 is 0 Å². The number of carboxylic acids is 1. The molecule has 0 aliphatic rings. The Bertz CT molecular complexity index is 380. The predicted octanol–water partition coefficient (Wildman–Crippen LogP) is 0.0497. The van der Waals surface area contributed by atoms with Crippen LogP contribution in [0.5, 0.6) is 0 Å². The van der Waals surface area contributed by atoms with E-state index >= 15 is 0 Å². The third kappa shape index (κ3) is 11.8. The Morgan fingerprint density at radius 2 is 1.43 bits per heavy atom. The van der Waals surface area contributed by atoms with Crippen molar-refractivity contribution in [3.63, 3.8) is 0 Å². The Labute approximate surface area is 124 Å². The van der Waals surface area contributed by atoms with Crippen LogP contribution in [-0.2, 0) is 4.79 Å². The van der Waals surface area contributed by atoms with Crippen molar-refractivity contribution in [3.8, 4) is 0 Å². The van der Waals surface area contributed by atoms with Crippen LogP contribution in [0, 0.1) is 0 Å². The molecule has 1 aromatic carbocycles. The Balaban J connectivity index is 0.000000384. The standard InChI is InChI=1S/C9H8O2.C6H15NO3/c10-9(11)7-6-8-4-2-1-3-5-8;8-4-1-7(2-5-9)3-6-10/h1-7H,(H,10,11);8-10H,1-6H2/b7-6+;. The maximum atomic E-state index is 10.1. The van der Waals surface area contributed by atoms with Gasteiger partial charge in [0.15, 0.2) is 0 Å². The normalized spacial score (nSPS) is 10.5. The van der Waals surface area contributed by atoms with Crippen molar-refractivity contribution in [2.45, 2.75) is 0 Å². The van der Waals surface area contributed by atoms with Gasteiger partial charge in [-0.1, -0.05) is 30.3 Å². The summed E-state index contributed by atoms with van der Waals surface area (Å²) in [6.07, 6.45) is 2.68. The van der Waals surface area contributed by atoms with E-state index in [-0.39, 0.29) is 19.8 Å². The second-order valence-electron chi connectivity index (χ2n) is 4.09. The summed E-state index contributed by atoms with van der Waals surface area (Å²) in [6, 6.07) is 9.31. The lowest BCUT2D eigenvalue weighted by Crippen LogP contribution is -2.32. The van der Waals surface area contributed by atoms with E-state index in [2.05, 4.69) is 0 Å². The minimum Gasteiger partial charge on any atom is -0.478 e. The van der Waals surface area contributed by atoms with Gasteiger partial charge >= 0.3 is 5.97 Å². The molecule has 0 heterocycles. The first-order valence-electron chi connectivity index (χ1n) is 6.65. The van der Waals surface area contributed by atoms with Crippen LogP contribution < -0.4 is 0 Å². The van der Waals surface area contributed by atoms with Gasteiger partial charge in [-0.3, -0.25) is 4.90 Å². The topological polar surface area (TPSA) is 101 Å². The third-order valence-electron chi connectivity index (χ3n) is 2.47. The van der Waals surface area contributed by atoms with Crippen molar-refractivity contribution in [1.82, 2.24) is 4.90 Å². The van der Waals surface area contributed by atoms with Crippen LogP contribution in [0.4, 0.5) is 0 Å². The molecule has 6 nitrogen and oxygen atoms in total. The van der Waals surface area contributed by atoms with E-state index < -0.39 is 5.97 Å². The monoisotopic (exact) mass is 297 g/mol. The number of carboxylic acid groups (broad SMARTS) is 1. The summed E-state index contributed by atoms with van der Waals surface area (Å²) >= 11 is 0. The van der Waals surface area contributed by atoms with Gasteiger partial charge in [-0.15, -0.1) is 0 Å². The smallest absolute Gasteiger partial charge is 0.328 e. The Kier molecular flexibility index (Phi) is 12.2. The molecular weight excluding hydrogens is 274 g/mol. The zero-order valence-corrected chi connectivity index (χ0v) is 11.9. The van der Waals surface area contributed by atoms with Gasteiger partial charge in [-0.2, -0.15) is 0 Å². The van der Waals surface area contributed by atoms with Crippen molar-refractivity contribution < 1.29 is 25.2 Å². The average Bonchev–Trinajstić information content (AvgIpc) is 2.48. The number of rotatable bonds is 8. The number of hydrogen-bond acceptors (Lipinski definition) is 5. The van der Waals surface area contributed by atoms with Crippen LogP contribution in [-0.4, -0.2) is 70.8 Å². The van der Waals surface area contributed by atoms with Crippen LogP contribution in [0.15, 0.2) is 36.4 Å². The zero-order valence-electron chi connectivity index (χ0n) is 11.9. The van der Waals surface area contributed by atoms with Gasteiger partial charge in [-0.25, -0.2) is 4.79 Å².